The van der Waals surface area contributed by atoms with Gasteiger partial charge < -0.3 is 10.5 Å². The molecule has 20 heavy (non-hydrogen) atoms. The Morgan fingerprint density at radius 2 is 1.90 bits per heavy atom. The summed E-state index contributed by atoms with van der Waals surface area (Å²) >= 11 is 0. The Kier molecular flexibility index (Phi) is 4.91. The standard InChI is InChI=1S/C15H20F3NO/c16-15(17,18)20-13-7-4-6-11(9-13)14-8-3-1-2-5-12(14)10-19/h4,6-7,9,12,14H,1-3,5,8,10,19H2. The van der Waals surface area contributed by atoms with Gasteiger partial charge in [-0.3, -0.25) is 0 Å². The summed E-state index contributed by atoms with van der Waals surface area (Å²) in [5.74, 6) is 0.438. The summed E-state index contributed by atoms with van der Waals surface area (Å²) in [5.41, 5.74) is 6.74. The Bertz CT molecular complexity index is 433. The number of alkyl halides is 3. The van der Waals surface area contributed by atoms with Gasteiger partial charge in [-0.05, 0) is 48.9 Å². The van der Waals surface area contributed by atoms with E-state index in [0.29, 0.717) is 12.5 Å². The third-order valence-electron chi connectivity index (χ3n) is 3.98. The minimum Gasteiger partial charge on any atom is -0.406 e. The summed E-state index contributed by atoms with van der Waals surface area (Å²) in [5, 5.41) is 0. The monoisotopic (exact) mass is 287 g/mol. The van der Waals surface area contributed by atoms with Crippen molar-refractivity contribution in [3.05, 3.63) is 29.8 Å². The van der Waals surface area contributed by atoms with Crippen molar-refractivity contribution in [1.82, 2.24) is 0 Å². The fourth-order valence-electron chi connectivity index (χ4n) is 3.05. The van der Waals surface area contributed by atoms with E-state index in [2.05, 4.69) is 4.74 Å². The van der Waals surface area contributed by atoms with Crippen molar-refractivity contribution in [2.75, 3.05) is 6.54 Å². The smallest absolute Gasteiger partial charge is 0.406 e. The van der Waals surface area contributed by atoms with Crippen LogP contribution >= 0.6 is 0 Å². The summed E-state index contributed by atoms with van der Waals surface area (Å²) in [6.07, 6.45) is 0.812. The van der Waals surface area contributed by atoms with Gasteiger partial charge >= 0.3 is 6.36 Å². The van der Waals surface area contributed by atoms with Crippen molar-refractivity contribution in [2.45, 2.75) is 44.4 Å². The summed E-state index contributed by atoms with van der Waals surface area (Å²) in [6.45, 7) is 0.578. The first-order valence-corrected chi connectivity index (χ1v) is 7.05. The number of hydrogen-bond acceptors (Lipinski definition) is 2. The fourth-order valence-corrected chi connectivity index (χ4v) is 3.05. The summed E-state index contributed by atoms with van der Waals surface area (Å²) in [7, 11) is 0. The van der Waals surface area contributed by atoms with Crippen molar-refractivity contribution in [2.24, 2.45) is 11.7 Å². The van der Waals surface area contributed by atoms with Crippen LogP contribution in [0, 0.1) is 5.92 Å². The molecule has 112 valence electrons. The van der Waals surface area contributed by atoms with Crippen LogP contribution in [-0.4, -0.2) is 12.9 Å². The van der Waals surface area contributed by atoms with E-state index in [0.717, 1.165) is 31.2 Å². The quantitative estimate of drug-likeness (QED) is 0.845. The maximum atomic E-state index is 12.3. The third kappa shape index (κ3) is 4.13. The molecule has 2 nitrogen and oxygen atoms in total. The molecular weight excluding hydrogens is 267 g/mol. The van der Waals surface area contributed by atoms with Gasteiger partial charge in [0.25, 0.3) is 0 Å². The van der Waals surface area contributed by atoms with E-state index in [4.69, 9.17) is 5.73 Å². The Hall–Kier alpha value is -1.23. The molecule has 0 amide bonds. The fraction of sp³-hybridized carbons (Fsp3) is 0.600. The highest BCUT2D eigenvalue weighted by atomic mass is 19.4. The maximum Gasteiger partial charge on any atom is 0.573 e. The number of benzene rings is 1. The van der Waals surface area contributed by atoms with Crippen LogP contribution in [0.15, 0.2) is 24.3 Å². The van der Waals surface area contributed by atoms with E-state index in [1.165, 1.54) is 18.6 Å². The van der Waals surface area contributed by atoms with Crippen molar-refractivity contribution < 1.29 is 17.9 Å². The molecule has 2 atom stereocenters. The van der Waals surface area contributed by atoms with E-state index < -0.39 is 6.36 Å². The topological polar surface area (TPSA) is 35.2 Å². The molecule has 1 aliphatic carbocycles. The highest BCUT2D eigenvalue weighted by Crippen LogP contribution is 2.37. The maximum absolute atomic E-state index is 12.3. The molecule has 1 fully saturated rings. The second-order valence-electron chi connectivity index (χ2n) is 5.36. The van der Waals surface area contributed by atoms with E-state index in [9.17, 15) is 13.2 Å². The first kappa shape index (κ1) is 15.2. The molecule has 0 spiro atoms. The SMILES string of the molecule is NCC1CCCCCC1c1cccc(OC(F)(F)F)c1. The summed E-state index contributed by atoms with van der Waals surface area (Å²) < 4.78 is 40.8. The number of rotatable bonds is 3. The van der Waals surface area contributed by atoms with E-state index in [-0.39, 0.29) is 11.7 Å². The molecule has 2 rings (SSSR count). The van der Waals surface area contributed by atoms with Gasteiger partial charge in [0.2, 0.25) is 0 Å². The summed E-state index contributed by atoms with van der Waals surface area (Å²) in [4.78, 5) is 0. The molecular formula is C15H20F3NO. The number of ether oxygens (including phenoxy) is 1. The van der Waals surface area contributed by atoms with Gasteiger partial charge in [0.1, 0.15) is 5.75 Å². The van der Waals surface area contributed by atoms with Gasteiger partial charge in [-0.2, -0.15) is 0 Å². The Labute approximate surface area is 117 Å². The van der Waals surface area contributed by atoms with Crippen molar-refractivity contribution in [3.63, 3.8) is 0 Å². The third-order valence-corrected chi connectivity index (χ3v) is 3.98. The molecule has 1 aromatic rings. The zero-order chi connectivity index (χ0) is 14.6. The van der Waals surface area contributed by atoms with Gasteiger partial charge in [-0.1, -0.05) is 31.4 Å². The first-order valence-electron chi connectivity index (χ1n) is 7.05. The predicted molar refractivity (Wildman–Crippen MR) is 71.5 cm³/mol. The molecule has 2 unspecified atom stereocenters. The van der Waals surface area contributed by atoms with Crippen molar-refractivity contribution in [3.8, 4) is 5.75 Å². The molecule has 1 saturated carbocycles. The van der Waals surface area contributed by atoms with E-state index >= 15 is 0 Å². The predicted octanol–water partition coefficient (Wildman–Crippen LogP) is 4.21. The van der Waals surface area contributed by atoms with Gasteiger partial charge in [0.15, 0.2) is 0 Å². The minimum atomic E-state index is -4.64. The number of nitrogens with two attached hydrogens (primary N) is 1. The molecule has 1 aromatic carbocycles. The van der Waals surface area contributed by atoms with Crippen LogP contribution in [0.5, 0.6) is 5.75 Å². The first-order chi connectivity index (χ1) is 9.49. The number of halogens is 3. The lowest BCUT2D eigenvalue weighted by Crippen LogP contribution is -2.21. The molecule has 0 saturated heterocycles. The second-order valence-corrected chi connectivity index (χ2v) is 5.36. The van der Waals surface area contributed by atoms with Crippen LogP contribution < -0.4 is 10.5 Å². The molecule has 0 aliphatic heterocycles. The minimum absolute atomic E-state index is 0.144. The normalized spacial score (nSPS) is 24.2. The van der Waals surface area contributed by atoms with Crippen LogP contribution in [0.25, 0.3) is 0 Å². The second kappa shape index (κ2) is 6.48. The largest absolute Gasteiger partial charge is 0.573 e. The zero-order valence-electron chi connectivity index (χ0n) is 11.3. The molecule has 0 bridgehead atoms. The average Bonchev–Trinajstić information content (AvgIpc) is 2.61. The number of hydrogen-bond donors (Lipinski definition) is 1. The van der Waals surface area contributed by atoms with Crippen LogP contribution in [0.2, 0.25) is 0 Å². The lowest BCUT2D eigenvalue weighted by Gasteiger charge is -2.24. The Balaban J connectivity index is 2.19. The van der Waals surface area contributed by atoms with E-state index in [1.54, 1.807) is 6.07 Å². The zero-order valence-corrected chi connectivity index (χ0v) is 11.3. The lowest BCUT2D eigenvalue weighted by atomic mass is 9.82. The van der Waals surface area contributed by atoms with E-state index in [1.807, 2.05) is 6.07 Å². The van der Waals surface area contributed by atoms with Crippen LogP contribution in [-0.2, 0) is 0 Å². The highest BCUT2D eigenvalue weighted by Gasteiger charge is 2.31. The Morgan fingerprint density at radius 1 is 1.15 bits per heavy atom. The van der Waals surface area contributed by atoms with Gasteiger partial charge in [0.05, 0.1) is 0 Å². The van der Waals surface area contributed by atoms with Gasteiger partial charge in [-0.25, -0.2) is 0 Å². The Morgan fingerprint density at radius 3 is 2.60 bits per heavy atom. The van der Waals surface area contributed by atoms with Crippen molar-refractivity contribution >= 4 is 0 Å². The molecule has 2 N–H and O–H groups in total. The van der Waals surface area contributed by atoms with Gasteiger partial charge in [-0.15, -0.1) is 13.2 Å². The lowest BCUT2D eigenvalue weighted by molar-refractivity contribution is -0.274. The van der Waals surface area contributed by atoms with Crippen LogP contribution in [0.3, 0.4) is 0 Å². The molecule has 5 heteroatoms. The van der Waals surface area contributed by atoms with Crippen LogP contribution in [0.1, 0.15) is 43.6 Å². The molecule has 0 heterocycles. The molecule has 1 aliphatic rings. The summed E-state index contributed by atoms with van der Waals surface area (Å²) in [6, 6.07) is 6.34. The highest BCUT2D eigenvalue weighted by molar-refractivity contribution is 5.31. The average molecular weight is 287 g/mol. The molecule has 0 radical (unpaired) electrons. The van der Waals surface area contributed by atoms with Gasteiger partial charge in [0, 0.05) is 0 Å². The van der Waals surface area contributed by atoms with Crippen molar-refractivity contribution in [1.29, 1.82) is 0 Å². The van der Waals surface area contributed by atoms with Crippen LogP contribution in [0.4, 0.5) is 13.2 Å². The molecule has 0 aromatic heterocycles.